The summed E-state index contributed by atoms with van der Waals surface area (Å²) in [7, 11) is 1.59. The Balaban J connectivity index is 1.50. The lowest BCUT2D eigenvalue weighted by molar-refractivity contribution is -0.121. The van der Waals surface area contributed by atoms with E-state index in [4.69, 9.17) is 4.74 Å². The van der Waals surface area contributed by atoms with Crippen molar-refractivity contribution in [3.8, 4) is 11.4 Å². The van der Waals surface area contributed by atoms with Crippen molar-refractivity contribution in [3.63, 3.8) is 0 Å². The second kappa shape index (κ2) is 7.97. The highest BCUT2D eigenvalue weighted by Crippen LogP contribution is 2.13. The fourth-order valence-corrected chi connectivity index (χ4v) is 3.01. The number of benzene rings is 2. The zero-order chi connectivity index (χ0) is 20.2. The fourth-order valence-electron chi connectivity index (χ4n) is 3.01. The van der Waals surface area contributed by atoms with E-state index in [-0.39, 0.29) is 18.0 Å². The summed E-state index contributed by atoms with van der Waals surface area (Å²) in [5.41, 5.74) is 1.86. The molecule has 4 rings (SSSR count). The molecule has 0 saturated carbocycles. The minimum absolute atomic E-state index is 0.123. The normalized spacial score (nSPS) is 10.8. The van der Waals surface area contributed by atoms with Crippen LogP contribution in [0.3, 0.4) is 0 Å². The average Bonchev–Trinajstić information content (AvgIpc) is 3.20. The van der Waals surface area contributed by atoms with E-state index >= 15 is 0 Å². The monoisotopic (exact) mass is 389 g/mol. The topological polar surface area (TPSA) is 91.0 Å². The number of aromatic nitrogens is 4. The van der Waals surface area contributed by atoms with E-state index in [1.807, 2.05) is 54.6 Å². The minimum atomic E-state index is -0.311. The van der Waals surface area contributed by atoms with Gasteiger partial charge in [-0.15, -0.1) is 0 Å². The quantitative estimate of drug-likeness (QED) is 0.544. The Morgan fingerprint density at radius 3 is 2.76 bits per heavy atom. The summed E-state index contributed by atoms with van der Waals surface area (Å²) < 4.78 is 8.05. The summed E-state index contributed by atoms with van der Waals surface area (Å²) in [5, 5.41) is 7.43. The van der Waals surface area contributed by atoms with Crippen LogP contribution in [0, 0.1) is 0 Å². The van der Waals surface area contributed by atoms with Crippen LogP contribution in [0.1, 0.15) is 5.56 Å². The number of amides is 1. The second-order valence-corrected chi connectivity index (χ2v) is 6.44. The molecular formula is C21H19N5O3. The molecule has 0 aliphatic carbocycles. The number of carbonyl (C=O) groups is 1. The molecule has 0 fully saturated rings. The molecule has 8 heteroatoms. The molecule has 0 atom stereocenters. The van der Waals surface area contributed by atoms with Crippen molar-refractivity contribution in [2.45, 2.75) is 13.1 Å². The van der Waals surface area contributed by atoms with Crippen LogP contribution in [-0.2, 0) is 17.9 Å². The predicted octanol–water partition coefficient (Wildman–Crippen LogP) is 1.91. The standard InChI is InChI=1S/C21H19N5O3/c1-29-17-9-5-6-15(10-17)11-22-19(27)13-25-14-23-20-18(21(25)28)12-24-26(20)16-7-3-2-4-8-16/h2-10,12,14H,11,13H2,1H3,(H,22,27). The van der Waals surface area contributed by atoms with E-state index in [0.29, 0.717) is 17.6 Å². The Morgan fingerprint density at radius 2 is 1.97 bits per heavy atom. The summed E-state index contributed by atoms with van der Waals surface area (Å²) in [6.45, 7) is 0.217. The van der Waals surface area contributed by atoms with Crippen LogP contribution in [0.15, 0.2) is 71.9 Å². The molecule has 8 nitrogen and oxygen atoms in total. The molecule has 0 aliphatic heterocycles. The third-order valence-corrected chi connectivity index (χ3v) is 4.49. The molecular weight excluding hydrogens is 370 g/mol. The van der Waals surface area contributed by atoms with Crippen LogP contribution in [0.4, 0.5) is 0 Å². The summed E-state index contributed by atoms with van der Waals surface area (Å²) in [6, 6.07) is 16.9. The number of hydrogen-bond donors (Lipinski definition) is 1. The van der Waals surface area contributed by atoms with E-state index in [1.54, 1.807) is 11.8 Å². The maximum Gasteiger partial charge on any atom is 0.264 e. The highest BCUT2D eigenvalue weighted by Gasteiger charge is 2.13. The van der Waals surface area contributed by atoms with Gasteiger partial charge in [-0.2, -0.15) is 5.10 Å². The van der Waals surface area contributed by atoms with Crippen molar-refractivity contribution < 1.29 is 9.53 Å². The second-order valence-electron chi connectivity index (χ2n) is 6.44. The Morgan fingerprint density at radius 1 is 1.14 bits per heavy atom. The first kappa shape index (κ1) is 18.4. The zero-order valence-corrected chi connectivity index (χ0v) is 15.8. The number of carbonyl (C=O) groups excluding carboxylic acids is 1. The number of nitrogens with one attached hydrogen (secondary N) is 1. The molecule has 4 aromatic rings. The lowest BCUT2D eigenvalue weighted by atomic mass is 10.2. The van der Waals surface area contributed by atoms with E-state index in [2.05, 4.69) is 15.4 Å². The minimum Gasteiger partial charge on any atom is -0.497 e. The number of para-hydroxylation sites is 1. The van der Waals surface area contributed by atoms with Gasteiger partial charge >= 0.3 is 0 Å². The van der Waals surface area contributed by atoms with Crippen LogP contribution in [0.2, 0.25) is 0 Å². The molecule has 2 aromatic carbocycles. The molecule has 0 spiro atoms. The number of hydrogen-bond acceptors (Lipinski definition) is 5. The molecule has 0 radical (unpaired) electrons. The molecule has 1 amide bonds. The first-order chi connectivity index (χ1) is 14.2. The van der Waals surface area contributed by atoms with Gasteiger partial charge in [-0.25, -0.2) is 9.67 Å². The van der Waals surface area contributed by atoms with Gasteiger partial charge in [-0.1, -0.05) is 30.3 Å². The van der Waals surface area contributed by atoms with Crippen LogP contribution in [0.25, 0.3) is 16.7 Å². The number of rotatable bonds is 6. The molecule has 0 aliphatic rings. The van der Waals surface area contributed by atoms with E-state index in [1.165, 1.54) is 17.1 Å². The number of nitrogens with zero attached hydrogens (tertiary/aromatic N) is 4. The van der Waals surface area contributed by atoms with Crippen molar-refractivity contribution in [3.05, 3.63) is 83.0 Å². The summed E-state index contributed by atoms with van der Waals surface area (Å²) in [6.07, 6.45) is 2.85. The summed E-state index contributed by atoms with van der Waals surface area (Å²) in [4.78, 5) is 29.4. The Bertz CT molecular complexity index is 1210. The van der Waals surface area contributed by atoms with Gasteiger partial charge in [0.15, 0.2) is 5.65 Å². The maximum atomic E-state index is 12.7. The van der Waals surface area contributed by atoms with Crippen LogP contribution < -0.4 is 15.6 Å². The van der Waals surface area contributed by atoms with Gasteiger partial charge in [-0.05, 0) is 29.8 Å². The van der Waals surface area contributed by atoms with Gasteiger partial charge in [0, 0.05) is 6.54 Å². The first-order valence-electron chi connectivity index (χ1n) is 9.04. The molecule has 0 unspecified atom stereocenters. The van der Waals surface area contributed by atoms with Crippen LogP contribution >= 0.6 is 0 Å². The number of ether oxygens (including phenoxy) is 1. The highest BCUT2D eigenvalue weighted by molar-refractivity contribution is 5.77. The third-order valence-electron chi connectivity index (χ3n) is 4.49. The molecule has 2 heterocycles. The van der Waals surface area contributed by atoms with Gasteiger partial charge < -0.3 is 10.1 Å². The molecule has 2 aromatic heterocycles. The predicted molar refractivity (Wildman–Crippen MR) is 108 cm³/mol. The number of fused-ring (bicyclic) bond motifs is 1. The van der Waals surface area contributed by atoms with E-state index in [0.717, 1.165) is 17.0 Å². The maximum absolute atomic E-state index is 12.7. The summed E-state index contributed by atoms with van der Waals surface area (Å²) >= 11 is 0. The Kier molecular flexibility index (Phi) is 5.07. The van der Waals surface area contributed by atoms with Gasteiger partial charge in [0.2, 0.25) is 5.91 Å². The van der Waals surface area contributed by atoms with Crippen LogP contribution in [-0.4, -0.2) is 32.3 Å². The first-order valence-corrected chi connectivity index (χ1v) is 9.04. The van der Waals surface area contributed by atoms with Crippen molar-refractivity contribution in [1.29, 1.82) is 0 Å². The smallest absolute Gasteiger partial charge is 0.264 e. The lowest BCUT2D eigenvalue weighted by Crippen LogP contribution is -2.32. The third kappa shape index (κ3) is 3.86. The molecule has 146 valence electrons. The Labute approximate surface area is 166 Å². The van der Waals surface area contributed by atoms with Crippen molar-refractivity contribution in [2.24, 2.45) is 0 Å². The van der Waals surface area contributed by atoms with Gasteiger partial charge in [0.1, 0.15) is 24.0 Å². The van der Waals surface area contributed by atoms with Crippen molar-refractivity contribution in [2.75, 3.05) is 7.11 Å². The molecule has 29 heavy (non-hydrogen) atoms. The van der Waals surface area contributed by atoms with Crippen LogP contribution in [0.5, 0.6) is 5.75 Å². The molecule has 1 N–H and O–H groups in total. The summed E-state index contributed by atoms with van der Waals surface area (Å²) in [5.74, 6) is 0.435. The molecule has 0 saturated heterocycles. The zero-order valence-electron chi connectivity index (χ0n) is 15.8. The van der Waals surface area contributed by atoms with Crippen molar-refractivity contribution >= 4 is 16.9 Å². The average molecular weight is 389 g/mol. The molecule has 0 bridgehead atoms. The number of methoxy groups -OCH3 is 1. The van der Waals surface area contributed by atoms with Gasteiger partial charge in [-0.3, -0.25) is 14.2 Å². The van der Waals surface area contributed by atoms with E-state index in [9.17, 15) is 9.59 Å². The van der Waals surface area contributed by atoms with Crippen molar-refractivity contribution in [1.82, 2.24) is 24.6 Å². The Hall–Kier alpha value is -3.94. The lowest BCUT2D eigenvalue weighted by Gasteiger charge is -2.08. The largest absolute Gasteiger partial charge is 0.497 e. The SMILES string of the molecule is COc1cccc(CNC(=O)Cn2cnc3c(cnn3-c3ccccc3)c2=O)c1. The highest BCUT2D eigenvalue weighted by atomic mass is 16.5. The van der Waals surface area contributed by atoms with E-state index < -0.39 is 0 Å². The van der Waals surface area contributed by atoms with Gasteiger partial charge in [0.05, 0.1) is 19.0 Å². The van der Waals surface area contributed by atoms with Gasteiger partial charge in [0.25, 0.3) is 5.56 Å². The fraction of sp³-hybridized carbons (Fsp3) is 0.143.